The van der Waals surface area contributed by atoms with E-state index in [2.05, 4.69) is 22.4 Å². The van der Waals surface area contributed by atoms with Gasteiger partial charge in [0, 0.05) is 10.9 Å². The Labute approximate surface area is 144 Å². The summed E-state index contributed by atoms with van der Waals surface area (Å²) in [6.45, 7) is 0. The molecule has 0 saturated heterocycles. The highest BCUT2D eigenvalue weighted by molar-refractivity contribution is 7.14. The van der Waals surface area contributed by atoms with E-state index in [-0.39, 0.29) is 11.8 Å². The Morgan fingerprint density at radius 3 is 2.71 bits per heavy atom. The van der Waals surface area contributed by atoms with Gasteiger partial charge in [-0.3, -0.25) is 0 Å². The van der Waals surface area contributed by atoms with E-state index in [1.54, 1.807) is 12.1 Å². The third-order valence-electron chi connectivity index (χ3n) is 4.43. The van der Waals surface area contributed by atoms with Crippen molar-refractivity contribution in [3.05, 3.63) is 65.0 Å². The fraction of sp³-hybridized carbons (Fsp3) is 0.211. The standard InChI is InChI=1S/C19H18N2O2S/c22-14-8-5-13(6-9-14)16-11-24-19(20-16)21-18-15-4-2-1-3-12(15)7-10-17(18)23/h1-6,8-9,11,17-18,22-23H,7,10H2,(H,20,21). The average molecular weight is 338 g/mol. The van der Waals surface area contributed by atoms with E-state index in [0.29, 0.717) is 0 Å². The summed E-state index contributed by atoms with van der Waals surface area (Å²) < 4.78 is 0. The minimum Gasteiger partial charge on any atom is -0.508 e. The van der Waals surface area contributed by atoms with Gasteiger partial charge in [-0.1, -0.05) is 24.3 Å². The van der Waals surface area contributed by atoms with Crippen LogP contribution >= 0.6 is 11.3 Å². The second-order valence-corrected chi connectivity index (χ2v) is 6.87. The van der Waals surface area contributed by atoms with E-state index < -0.39 is 6.10 Å². The molecule has 4 nitrogen and oxygen atoms in total. The molecular formula is C19H18N2O2S. The van der Waals surface area contributed by atoms with Crippen LogP contribution in [0.4, 0.5) is 5.13 Å². The van der Waals surface area contributed by atoms with Crippen molar-refractivity contribution in [2.45, 2.75) is 25.0 Å². The number of phenolic OH excluding ortho intramolecular Hbond substituents is 1. The fourth-order valence-corrected chi connectivity index (χ4v) is 3.91. The number of thiazole rings is 1. The maximum absolute atomic E-state index is 10.4. The minimum atomic E-state index is -0.416. The number of rotatable bonds is 3. The van der Waals surface area contributed by atoms with E-state index in [0.717, 1.165) is 34.8 Å². The van der Waals surface area contributed by atoms with Gasteiger partial charge in [0.25, 0.3) is 0 Å². The van der Waals surface area contributed by atoms with Crippen LogP contribution in [-0.4, -0.2) is 21.3 Å². The summed E-state index contributed by atoms with van der Waals surface area (Å²) in [6.07, 6.45) is 1.25. The number of nitrogens with one attached hydrogen (secondary N) is 1. The number of aryl methyl sites for hydroxylation is 1. The number of nitrogens with zero attached hydrogens (tertiary/aromatic N) is 1. The van der Waals surface area contributed by atoms with Gasteiger partial charge in [0.05, 0.1) is 17.8 Å². The van der Waals surface area contributed by atoms with E-state index >= 15 is 0 Å². The van der Waals surface area contributed by atoms with Crippen LogP contribution in [0.2, 0.25) is 0 Å². The maximum atomic E-state index is 10.4. The molecule has 3 aromatic rings. The lowest BCUT2D eigenvalue weighted by Crippen LogP contribution is -2.30. The smallest absolute Gasteiger partial charge is 0.183 e. The Morgan fingerprint density at radius 1 is 1.08 bits per heavy atom. The van der Waals surface area contributed by atoms with Gasteiger partial charge >= 0.3 is 0 Å². The highest BCUT2D eigenvalue weighted by atomic mass is 32.1. The lowest BCUT2D eigenvalue weighted by Gasteiger charge is -2.30. The number of aromatic hydroxyl groups is 1. The van der Waals surface area contributed by atoms with E-state index in [4.69, 9.17) is 0 Å². The quantitative estimate of drug-likeness (QED) is 0.676. The number of aromatic nitrogens is 1. The third-order valence-corrected chi connectivity index (χ3v) is 5.20. The van der Waals surface area contributed by atoms with E-state index in [1.807, 2.05) is 29.6 Å². The molecule has 4 rings (SSSR count). The van der Waals surface area contributed by atoms with Crippen molar-refractivity contribution >= 4 is 16.5 Å². The first-order valence-electron chi connectivity index (χ1n) is 7.98. The number of phenols is 1. The summed E-state index contributed by atoms with van der Waals surface area (Å²) in [5, 5.41) is 26.0. The van der Waals surface area contributed by atoms with Crippen molar-refractivity contribution in [3.8, 4) is 17.0 Å². The van der Waals surface area contributed by atoms with Crippen molar-refractivity contribution in [2.75, 3.05) is 5.32 Å². The Balaban J connectivity index is 1.59. The molecule has 1 aromatic heterocycles. The predicted octanol–water partition coefficient (Wildman–Crippen LogP) is 3.98. The molecule has 5 heteroatoms. The van der Waals surface area contributed by atoms with Gasteiger partial charge in [-0.25, -0.2) is 4.98 Å². The number of aliphatic hydroxyl groups excluding tert-OH is 1. The fourth-order valence-electron chi connectivity index (χ4n) is 3.15. The molecule has 3 N–H and O–H groups in total. The van der Waals surface area contributed by atoms with Crippen LogP contribution in [0.5, 0.6) is 5.75 Å². The summed E-state index contributed by atoms with van der Waals surface area (Å²) >= 11 is 1.52. The number of fused-ring (bicyclic) bond motifs is 1. The normalized spacial score (nSPS) is 19.7. The van der Waals surface area contributed by atoms with Crippen molar-refractivity contribution < 1.29 is 10.2 Å². The van der Waals surface area contributed by atoms with Gasteiger partial charge in [-0.15, -0.1) is 11.3 Å². The molecule has 122 valence electrons. The van der Waals surface area contributed by atoms with Gasteiger partial charge < -0.3 is 15.5 Å². The Kier molecular flexibility index (Phi) is 3.96. The van der Waals surface area contributed by atoms with Gasteiger partial charge in [0.15, 0.2) is 5.13 Å². The van der Waals surface area contributed by atoms with Crippen LogP contribution in [0.3, 0.4) is 0 Å². The van der Waals surface area contributed by atoms with Crippen molar-refractivity contribution in [1.29, 1.82) is 0 Å². The second kappa shape index (κ2) is 6.26. The average Bonchev–Trinajstić information content (AvgIpc) is 3.07. The molecule has 1 aliphatic rings. The first kappa shape index (κ1) is 15.2. The topological polar surface area (TPSA) is 65.4 Å². The van der Waals surface area contributed by atoms with Gasteiger partial charge in [0.2, 0.25) is 0 Å². The molecule has 2 atom stereocenters. The summed E-state index contributed by atoms with van der Waals surface area (Å²) in [5.41, 5.74) is 4.26. The largest absolute Gasteiger partial charge is 0.508 e. The van der Waals surface area contributed by atoms with E-state index in [9.17, 15) is 10.2 Å². The van der Waals surface area contributed by atoms with Crippen LogP contribution in [0, 0.1) is 0 Å². The Bertz CT molecular complexity index is 845. The molecule has 0 radical (unpaired) electrons. The third kappa shape index (κ3) is 2.88. The number of hydrogen-bond acceptors (Lipinski definition) is 5. The molecule has 0 amide bonds. The molecule has 2 aromatic carbocycles. The molecule has 0 spiro atoms. The summed E-state index contributed by atoms with van der Waals surface area (Å²) in [4.78, 5) is 4.63. The molecule has 1 heterocycles. The second-order valence-electron chi connectivity index (χ2n) is 6.01. The molecular weight excluding hydrogens is 320 g/mol. The molecule has 0 aliphatic heterocycles. The summed E-state index contributed by atoms with van der Waals surface area (Å²) in [7, 11) is 0. The van der Waals surface area contributed by atoms with Crippen LogP contribution in [0.1, 0.15) is 23.6 Å². The van der Waals surface area contributed by atoms with Gasteiger partial charge in [-0.2, -0.15) is 0 Å². The number of aliphatic hydroxyl groups is 1. The Morgan fingerprint density at radius 2 is 1.88 bits per heavy atom. The van der Waals surface area contributed by atoms with Gasteiger partial charge in [-0.05, 0) is 48.2 Å². The zero-order valence-corrected chi connectivity index (χ0v) is 13.8. The zero-order valence-electron chi connectivity index (χ0n) is 13.0. The number of hydrogen-bond donors (Lipinski definition) is 3. The van der Waals surface area contributed by atoms with Crippen LogP contribution < -0.4 is 5.32 Å². The van der Waals surface area contributed by atoms with Crippen LogP contribution in [0.25, 0.3) is 11.3 Å². The highest BCUT2D eigenvalue weighted by Gasteiger charge is 2.28. The summed E-state index contributed by atoms with van der Waals surface area (Å²) in [6, 6.07) is 15.1. The number of anilines is 1. The highest BCUT2D eigenvalue weighted by Crippen LogP contribution is 2.34. The van der Waals surface area contributed by atoms with E-state index in [1.165, 1.54) is 16.9 Å². The monoisotopic (exact) mass is 338 g/mol. The minimum absolute atomic E-state index is 0.131. The van der Waals surface area contributed by atoms with Crippen LogP contribution in [-0.2, 0) is 6.42 Å². The zero-order chi connectivity index (χ0) is 16.5. The molecule has 0 saturated carbocycles. The first-order valence-corrected chi connectivity index (χ1v) is 8.86. The predicted molar refractivity (Wildman–Crippen MR) is 96.3 cm³/mol. The molecule has 2 unspecified atom stereocenters. The molecule has 0 fully saturated rings. The molecule has 24 heavy (non-hydrogen) atoms. The SMILES string of the molecule is Oc1ccc(-c2csc(NC3c4ccccc4CCC3O)n2)cc1. The first-order chi connectivity index (χ1) is 11.7. The molecule has 1 aliphatic carbocycles. The van der Waals surface area contributed by atoms with Gasteiger partial charge in [0.1, 0.15) is 5.75 Å². The summed E-state index contributed by atoms with van der Waals surface area (Å²) in [5.74, 6) is 0.245. The lowest BCUT2D eigenvalue weighted by molar-refractivity contribution is 0.135. The van der Waals surface area contributed by atoms with Crippen molar-refractivity contribution in [1.82, 2.24) is 4.98 Å². The Hall–Kier alpha value is -2.37. The lowest BCUT2D eigenvalue weighted by atomic mass is 9.86. The van der Waals surface area contributed by atoms with Crippen molar-refractivity contribution in [3.63, 3.8) is 0 Å². The van der Waals surface area contributed by atoms with Crippen LogP contribution in [0.15, 0.2) is 53.9 Å². The van der Waals surface area contributed by atoms with Crippen molar-refractivity contribution in [2.24, 2.45) is 0 Å². The maximum Gasteiger partial charge on any atom is 0.183 e. The molecule has 0 bridgehead atoms. The number of benzene rings is 2.